The van der Waals surface area contributed by atoms with Gasteiger partial charge in [0.15, 0.2) is 57.6 Å². The van der Waals surface area contributed by atoms with Gasteiger partial charge in [-0.1, -0.05) is 0 Å². The number of pyridine rings is 2. The minimum atomic E-state index is -3.70. The predicted molar refractivity (Wildman–Crippen MR) is 99.2 cm³/mol. The molecule has 2 rings (SSSR count). The van der Waals surface area contributed by atoms with E-state index in [-0.39, 0.29) is 35.7 Å². The van der Waals surface area contributed by atoms with Crippen molar-refractivity contribution in [3.8, 4) is 0 Å². The van der Waals surface area contributed by atoms with E-state index in [1.807, 2.05) is 0 Å². The number of carboxylic acids is 2. The van der Waals surface area contributed by atoms with Crippen LogP contribution in [0.15, 0.2) is 49.1 Å². The molecule has 162 valence electrons. The van der Waals surface area contributed by atoms with Crippen molar-refractivity contribution in [1.82, 2.24) is 0 Å². The van der Waals surface area contributed by atoms with Gasteiger partial charge in [0.2, 0.25) is 0 Å². The van der Waals surface area contributed by atoms with E-state index in [1.165, 1.54) is 58.2 Å². The highest BCUT2D eigenvalue weighted by Crippen LogP contribution is 1.99. The molecule has 0 amide bonds. The first-order valence-electron chi connectivity index (χ1n) is 8.79. The van der Waals surface area contributed by atoms with Gasteiger partial charge < -0.3 is 19.8 Å². The first-order valence-corrected chi connectivity index (χ1v) is 12.4. The number of carbonyl (C=O) groups excluding carboxylic acids is 2. The highest BCUT2D eigenvalue weighted by molar-refractivity contribution is 7.95. The van der Waals surface area contributed by atoms with E-state index in [0.717, 1.165) is 0 Å². The third-order valence-electron chi connectivity index (χ3n) is 4.21. The second-order valence-electron chi connectivity index (χ2n) is 6.54. The molecule has 10 nitrogen and oxygen atoms in total. The van der Waals surface area contributed by atoms with Crippen molar-refractivity contribution in [3.05, 3.63) is 60.2 Å². The Hall–Kier alpha value is -2.86. The van der Waals surface area contributed by atoms with Crippen LogP contribution in [0.4, 0.5) is 0 Å². The molecule has 0 aliphatic carbocycles. The van der Waals surface area contributed by atoms with E-state index in [4.69, 9.17) is 0 Å². The zero-order chi connectivity index (χ0) is 22.4. The van der Waals surface area contributed by atoms with E-state index in [9.17, 15) is 36.6 Å². The fourth-order valence-corrected chi connectivity index (χ4v) is 5.93. The average molecular weight is 456 g/mol. The zero-order valence-corrected chi connectivity index (χ0v) is 17.5. The molecule has 0 radical (unpaired) electrons. The number of carbonyl (C=O) groups is 2. The SMILES string of the molecule is O=C([O-])c1ccc[n+](CCS(=O)(=O)CCS(=O)(=O)CC[n+]2cccc(C(=O)[O-])c2)c1. The molecule has 0 saturated carbocycles. The van der Waals surface area contributed by atoms with Crippen molar-refractivity contribution in [2.75, 3.05) is 23.0 Å². The summed E-state index contributed by atoms with van der Waals surface area (Å²) >= 11 is 0. The quantitative estimate of drug-likeness (QED) is 0.316. The average Bonchev–Trinajstić information content (AvgIpc) is 2.70. The Morgan fingerprint density at radius 3 is 1.40 bits per heavy atom. The van der Waals surface area contributed by atoms with Crippen LogP contribution in [-0.4, -0.2) is 51.8 Å². The van der Waals surface area contributed by atoms with Crippen molar-refractivity contribution in [1.29, 1.82) is 0 Å². The minimum Gasteiger partial charge on any atom is -0.545 e. The molecule has 30 heavy (non-hydrogen) atoms. The normalized spacial score (nSPS) is 11.9. The molecule has 0 aliphatic rings. The van der Waals surface area contributed by atoms with Gasteiger partial charge in [-0.2, -0.15) is 0 Å². The summed E-state index contributed by atoms with van der Waals surface area (Å²) in [4.78, 5) is 21.7. The third-order valence-corrected chi connectivity index (χ3v) is 7.73. The topological polar surface area (TPSA) is 156 Å². The van der Waals surface area contributed by atoms with E-state index in [2.05, 4.69) is 0 Å². The molecule has 0 bridgehead atoms. The highest BCUT2D eigenvalue weighted by atomic mass is 32.2. The first-order chi connectivity index (χ1) is 14.0. The third kappa shape index (κ3) is 7.52. The molecular weight excluding hydrogens is 436 g/mol. The number of nitrogens with zero attached hydrogens (tertiary/aromatic N) is 2. The summed E-state index contributed by atoms with van der Waals surface area (Å²) < 4.78 is 51.5. The molecular formula is C18H20N2O8S2. The van der Waals surface area contributed by atoms with Gasteiger partial charge in [-0.15, -0.1) is 0 Å². The van der Waals surface area contributed by atoms with Gasteiger partial charge in [-0.25, -0.2) is 26.0 Å². The molecule has 0 atom stereocenters. The molecule has 2 aromatic heterocycles. The maximum Gasteiger partial charge on any atom is 0.177 e. The van der Waals surface area contributed by atoms with Gasteiger partial charge in [0.25, 0.3) is 0 Å². The second-order valence-corrected chi connectivity index (χ2v) is 11.1. The van der Waals surface area contributed by atoms with E-state index >= 15 is 0 Å². The molecule has 2 aromatic rings. The number of sulfone groups is 2. The molecule has 0 unspecified atom stereocenters. The van der Waals surface area contributed by atoms with Crippen molar-refractivity contribution >= 4 is 31.6 Å². The predicted octanol–water partition coefficient (Wildman–Crippen LogP) is -3.48. The summed E-state index contributed by atoms with van der Waals surface area (Å²) in [7, 11) is -7.41. The van der Waals surface area contributed by atoms with Crippen LogP contribution in [0.5, 0.6) is 0 Å². The molecule has 0 spiro atoms. The summed E-state index contributed by atoms with van der Waals surface area (Å²) in [6, 6.07) is 5.51. The maximum atomic E-state index is 12.2. The van der Waals surface area contributed by atoms with E-state index < -0.39 is 43.1 Å². The summed E-state index contributed by atoms with van der Waals surface area (Å²) in [6.45, 7) is -0.0647. The number of aromatic carboxylic acids is 2. The number of carboxylic acid groups (broad SMARTS) is 2. The molecule has 2 heterocycles. The lowest BCUT2D eigenvalue weighted by Crippen LogP contribution is -2.40. The van der Waals surface area contributed by atoms with Crippen LogP contribution >= 0.6 is 0 Å². The largest absolute Gasteiger partial charge is 0.545 e. The van der Waals surface area contributed by atoms with Crippen LogP contribution in [0, 0.1) is 0 Å². The van der Waals surface area contributed by atoms with Crippen molar-refractivity contribution < 1.29 is 45.8 Å². The van der Waals surface area contributed by atoms with Crippen molar-refractivity contribution in [3.63, 3.8) is 0 Å². The fourth-order valence-electron chi connectivity index (χ4n) is 2.51. The number of hydrogen-bond donors (Lipinski definition) is 0. The van der Waals surface area contributed by atoms with Gasteiger partial charge in [0, 0.05) is 12.1 Å². The Kier molecular flexibility index (Phi) is 7.62. The standard InChI is InChI=1S/C18H20N2O8S2/c21-17(22)15-3-1-5-19(13-15)7-9-29(25,26)11-12-30(27,28)10-8-20-6-2-4-16(14-20)18(23)24/h1-6,13-14H,7-12H2. The number of rotatable bonds is 11. The summed E-state index contributed by atoms with van der Waals surface area (Å²) in [5, 5.41) is 21.7. The monoisotopic (exact) mass is 456 g/mol. The Bertz CT molecular complexity index is 1050. The van der Waals surface area contributed by atoms with Crippen LogP contribution in [0.25, 0.3) is 0 Å². The molecule has 0 N–H and O–H groups in total. The second kappa shape index (κ2) is 9.76. The Labute approximate surface area is 173 Å². The molecule has 0 saturated heterocycles. The van der Waals surface area contributed by atoms with Crippen LogP contribution in [0.2, 0.25) is 0 Å². The van der Waals surface area contributed by atoms with Crippen LogP contribution < -0.4 is 19.3 Å². The number of aromatic nitrogens is 2. The molecule has 0 fully saturated rings. The number of aryl methyl sites for hydroxylation is 2. The minimum absolute atomic E-state index is 0.0324. The lowest BCUT2D eigenvalue weighted by Gasteiger charge is -2.05. The fraction of sp³-hybridized carbons (Fsp3) is 0.333. The Balaban J connectivity index is 1.89. The van der Waals surface area contributed by atoms with Crippen LogP contribution in [-0.2, 0) is 32.8 Å². The van der Waals surface area contributed by atoms with E-state index in [1.54, 1.807) is 0 Å². The summed E-state index contributed by atoms with van der Waals surface area (Å²) in [5.41, 5.74) is -0.199. The lowest BCUT2D eigenvalue weighted by atomic mass is 10.3. The molecule has 12 heteroatoms. The number of hydrogen-bond acceptors (Lipinski definition) is 8. The van der Waals surface area contributed by atoms with Gasteiger partial charge in [0.05, 0.1) is 34.6 Å². The van der Waals surface area contributed by atoms with Gasteiger partial charge in [-0.05, 0) is 12.1 Å². The van der Waals surface area contributed by atoms with Crippen molar-refractivity contribution in [2.45, 2.75) is 13.1 Å². The lowest BCUT2D eigenvalue weighted by molar-refractivity contribution is -0.692. The molecule has 0 aliphatic heterocycles. The van der Waals surface area contributed by atoms with Crippen LogP contribution in [0.1, 0.15) is 20.7 Å². The van der Waals surface area contributed by atoms with Gasteiger partial charge >= 0.3 is 0 Å². The smallest absolute Gasteiger partial charge is 0.177 e. The first kappa shape index (κ1) is 23.4. The van der Waals surface area contributed by atoms with Crippen LogP contribution in [0.3, 0.4) is 0 Å². The maximum absolute atomic E-state index is 12.2. The Morgan fingerprint density at radius 2 is 1.07 bits per heavy atom. The highest BCUT2D eigenvalue weighted by Gasteiger charge is 2.21. The van der Waals surface area contributed by atoms with E-state index in [0.29, 0.717) is 0 Å². The summed E-state index contributed by atoms with van der Waals surface area (Å²) in [5.74, 6) is -4.62. The molecule has 0 aromatic carbocycles. The van der Waals surface area contributed by atoms with Gasteiger partial charge in [0.1, 0.15) is 11.5 Å². The van der Waals surface area contributed by atoms with Crippen molar-refractivity contribution in [2.24, 2.45) is 0 Å². The zero-order valence-electron chi connectivity index (χ0n) is 15.8. The van der Waals surface area contributed by atoms with Gasteiger partial charge in [-0.3, -0.25) is 0 Å². The Morgan fingerprint density at radius 1 is 0.700 bits per heavy atom. The summed E-state index contributed by atoms with van der Waals surface area (Å²) in [6.07, 6.45) is 5.46.